The Balaban J connectivity index is 2.22. The smallest absolute Gasteiger partial charge is 0.254 e. The van der Waals surface area contributed by atoms with Gasteiger partial charge in [-0.15, -0.1) is 0 Å². The summed E-state index contributed by atoms with van der Waals surface area (Å²) in [4.78, 5) is 30.2. The molecule has 0 bridgehead atoms. The Labute approximate surface area is 123 Å². The number of amides is 1. The molecule has 0 radical (unpaired) electrons. The van der Waals surface area contributed by atoms with E-state index in [1.54, 1.807) is 24.2 Å². The Bertz CT molecular complexity index is 707. The van der Waals surface area contributed by atoms with E-state index < -0.39 is 0 Å². The second-order valence-corrected chi connectivity index (χ2v) is 4.95. The molecule has 110 valence electrons. The average Bonchev–Trinajstić information content (AvgIpc) is 2.47. The number of aryl methyl sites for hydroxylation is 2. The molecule has 0 atom stereocenters. The third-order valence-corrected chi connectivity index (χ3v) is 3.32. The SMILES string of the molecule is CCN(Cc1cccc(C)n1)C(=O)c1ccn(C)c(=O)c1. The second kappa shape index (κ2) is 6.35. The van der Waals surface area contributed by atoms with Crippen molar-refractivity contribution < 1.29 is 4.79 Å². The van der Waals surface area contributed by atoms with Gasteiger partial charge in [-0.25, -0.2) is 0 Å². The molecule has 2 heterocycles. The Morgan fingerprint density at radius 2 is 2.10 bits per heavy atom. The zero-order valence-electron chi connectivity index (χ0n) is 12.5. The summed E-state index contributed by atoms with van der Waals surface area (Å²) in [7, 11) is 1.66. The van der Waals surface area contributed by atoms with Crippen LogP contribution in [-0.2, 0) is 13.6 Å². The van der Waals surface area contributed by atoms with Crippen LogP contribution in [0.3, 0.4) is 0 Å². The molecular formula is C16H19N3O2. The molecule has 2 aromatic heterocycles. The fraction of sp³-hybridized carbons (Fsp3) is 0.312. The predicted octanol–water partition coefficient (Wildman–Crippen LogP) is 1.75. The number of carbonyl (C=O) groups is 1. The fourth-order valence-corrected chi connectivity index (χ4v) is 2.07. The molecule has 0 saturated carbocycles. The maximum absolute atomic E-state index is 12.5. The molecule has 0 unspecified atom stereocenters. The van der Waals surface area contributed by atoms with E-state index >= 15 is 0 Å². The summed E-state index contributed by atoms with van der Waals surface area (Å²) < 4.78 is 1.44. The quantitative estimate of drug-likeness (QED) is 0.860. The molecular weight excluding hydrogens is 266 g/mol. The van der Waals surface area contributed by atoms with Crippen molar-refractivity contribution >= 4 is 5.91 Å². The minimum atomic E-state index is -0.189. The molecule has 2 aromatic rings. The van der Waals surface area contributed by atoms with Crippen LogP contribution >= 0.6 is 0 Å². The molecule has 0 aliphatic carbocycles. The van der Waals surface area contributed by atoms with Gasteiger partial charge in [-0.2, -0.15) is 0 Å². The fourth-order valence-electron chi connectivity index (χ4n) is 2.07. The van der Waals surface area contributed by atoms with E-state index in [4.69, 9.17) is 0 Å². The highest BCUT2D eigenvalue weighted by atomic mass is 16.2. The van der Waals surface area contributed by atoms with Gasteiger partial charge in [0.05, 0.1) is 12.2 Å². The highest BCUT2D eigenvalue weighted by Crippen LogP contribution is 2.08. The average molecular weight is 285 g/mol. The minimum Gasteiger partial charge on any atom is -0.333 e. The van der Waals surface area contributed by atoms with E-state index in [9.17, 15) is 9.59 Å². The normalized spacial score (nSPS) is 10.4. The number of aromatic nitrogens is 2. The van der Waals surface area contributed by atoms with Gasteiger partial charge in [-0.05, 0) is 32.0 Å². The van der Waals surface area contributed by atoms with E-state index in [1.807, 2.05) is 32.0 Å². The maximum Gasteiger partial charge on any atom is 0.254 e. The first-order valence-corrected chi connectivity index (χ1v) is 6.89. The summed E-state index contributed by atoms with van der Waals surface area (Å²) >= 11 is 0. The Hall–Kier alpha value is -2.43. The van der Waals surface area contributed by atoms with Crippen LogP contribution in [0.25, 0.3) is 0 Å². The summed E-state index contributed by atoms with van der Waals surface area (Å²) in [6.07, 6.45) is 1.61. The van der Waals surface area contributed by atoms with Gasteiger partial charge in [0.25, 0.3) is 11.5 Å². The van der Waals surface area contributed by atoms with Gasteiger partial charge in [0.1, 0.15) is 0 Å². The van der Waals surface area contributed by atoms with Gasteiger partial charge in [0, 0.05) is 37.1 Å². The minimum absolute atomic E-state index is 0.154. The van der Waals surface area contributed by atoms with Crippen molar-refractivity contribution in [1.82, 2.24) is 14.5 Å². The van der Waals surface area contributed by atoms with Crippen LogP contribution in [-0.4, -0.2) is 26.9 Å². The Morgan fingerprint density at radius 3 is 2.71 bits per heavy atom. The lowest BCUT2D eigenvalue weighted by Gasteiger charge is -2.20. The lowest BCUT2D eigenvalue weighted by Crippen LogP contribution is -2.32. The summed E-state index contributed by atoms with van der Waals surface area (Å²) in [5.74, 6) is -0.154. The summed E-state index contributed by atoms with van der Waals surface area (Å²) in [5.41, 5.74) is 1.98. The predicted molar refractivity (Wildman–Crippen MR) is 81.1 cm³/mol. The molecule has 0 aliphatic heterocycles. The van der Waals surface area contributed by atoms with Crippen LogP contribution in [0.5, 0.6) is 0 Å². The third kappa shape index (κ3) is 3.56. The standard InChI is InChI=1S/C16H19N3O2/c1-4-19(11-14-7-5-6-12(2)17-14)16(21)13-8-9-18(3)15(20)10-13/h5-10H,4,11H2,1-3H3. The van der Waals surface area contributed by atoms with Crippen LogP contribution in [0.4, 0.5) is 0 Å². The highest BCUT2D eigenvalue weighted by molar-refractivity contribution is 5.94. The van der Waals surface area contributed by atoms with Crippen molar-refractivity contribution in [2.45, 2.75) is 20.4 Å². The summed E-state index contributed by atoms with van der Waals surface area (Å²) in [5, 5.41) is 0. The largest absolute Gasteiger partial charge is 0.333 e. The summed E-state index contributed by atoms with van der Waals surface area (Å²) in [6, 6.07) is 8.77. The number of carbonyl (C=O) groups excluding carboxylic acids is 1. The van der Waals surface area contributed by atoms with Gasteiger partial charge in [0.2, 0.25) is 0 Å². The number of pyridine rings is 2. The van der Waals surface area contributed by atoms with E-state index in [-0.39, 0.29) is 11.5 Å². The van der Waals surface area contributed by atoms with Crippen molar-refractivity contribution in [3.8, 4) is 0 Å². The zero-order valence-corrected chi connectivity index (χ0v) is 12.5. The number of hydrogen-bond acceptors (Lipinski definition) is 3. The van der Waals surface area contributed by atoms with Crippen molar-refractivity contribution in [2.24, 2.45) is 7.05 Å². The van der Waals surface area contributed by atoms with Crippen molar-refractivity contribution in [1.29, 1.82) is 0 Å². The number of nitrogens with zero attached hydrogens (tertiary/aromatic N) is 3. The van der Waals surface area contributed by atoms with Crippen LogP contribution in [0.2, 0.25) is 0 Å². The third-order valence-electron chi connectivity index (χ3n) is 3.32. The molecule has 0 fully saturated rings. The molecule has 21 heavy (non-hydrogen) atoms. The topological polar surface area (TPSA) is 55.2 Å². The summed E-state index contributed by atoms with van der Waals surface area (Å²) in [6.45, 7) is 4.83. The van der Waals surface area contributed by atoms with Crippen molar-refractivity contribution in [3.63, 3.8) is 0 Å². The van der Waals surface area contributed by atoms with Gasteiger partial charge in [-0.3, -0.25) is 14.6 Å². The van der Waals surface area contributed by atoms with Crippen LogP contribution in [0.1, 0.15) is 28.7 Å². The van der Waals surface area contributed by atoms with Gasteiger partial charge in [0.15, 0.2) is 0 Å². The second-order valence-electron chi connectivity index (χ2n) is 4.95. The molecule has 0 N–H and O–H groups in total. The van der Waals surface area contributed by atoms with E-state index in [1.165, 1.54) is 10.6 Å². The molecule has 0 aromatic carbocycles. The van der Waals surface area contributed by atoms with E-state index in [0.717, 1.165) is 11.4 Å². The molecule has 0 spiro atoms. The van der Waals surface area contributed by atoms with Gasteiger partial charge >= 0.3 is 0 Å². The molecule has 1 amide bonds. The van der Waals surface area contributed by atoms with Crippen molar-refractivity contribution in [3.05, 3.63) is 63.8 Å². The van der Waals surface area contributed by atoms with E-state index in [0.29, 0.717) is 18.7 Å². The molecule has 5 nitrogen and oxygen atoms in total. The lowest BCUT2D eigenvalue weighted by molar-refractivity contribution is 0.0750. The van der Waals surface area contributed by atoms with Gasteiger partial charge < -0.3 is 9.47 Å². The molecule has 5 heteroatoms. The molecule has 2 rings (SSSR count). The van der Waals surface area contributed by atoms with Crippen LogP contribution in [0.15, 0.2) is 41.3 Å². The first-order chi connectivity index (χ1) is 10.0. The first-order valence-electron chi connectivity index (χ1n) is 6.89. The Kier molecular flexibility index (Phi) is 4.52. The van der Waals surface area contributed by atoms with Crippen LogP contribution in [0, 0.1) is 6.92 Å². The monoisotopic (exact) mass is 285 g/mol. The van der Waals surface area contributed by atoms with Gasteiger partial charge in [-0.1, -0.05) is 6.07 Å². The number of hydrogen-bond donors (Lipinski definition) is 0. The number of rotatable bonds is 4. The molecule has 0 saturated heterocycles. The van der Waals surface area contributed by atoms with E-state index in [2.05, 4.69) is 4.98 Å². The Morgan fingerprint density at radius 1 is 1.33 bits per heavy atom. The zero-order chi connectivity index (χ0) is 15.4. The highest BCUT2D eigenvalue weighted by Gasteiger charge is 2.15. The van der Waals surface area contributed by atoms with Crippen LogP contribution < -0.4 is 5.56 Å². The molecule has 0 aliphatic rings. The van der Waals surface area contributed by atoms with Crippen molar-refractivity contribution in [2.75, 3.05) is 6.54 Å². The lowest BCUT2D eigenvalue weighted by atomic mass is 10.2. The maximum atomic E-state index is 12.5. The first kappa shape index (κ1) is 15.0.